The fourth-order valence-electron chi connectivity index (χ4n) is 0.561. The molecule has 0 aliphatic carbocycles. The summed E-state index contributed by atoms with van der Waals surface area (Å²) in [7, 11) is 0. The van der Waals surface area contributed by atoms with E-state index in [0.717, 1.165) is 0 Å². The van der Waals surface area contributed by atoms with Gasteiger partial charge in [0.25, 0.3) is 0 Å². The van der Waals surface area contributed by atoms with Gasteiger partial charge in [-0.25, -0.2) is 0 Å². The summed E-state index contributed by atoms with van der Waals surface area (Å²) in [6.07, 6.45) is 4.05. The van der Waals surface area contributed by atoms with Crippen LogP contribution in [0, 0.1) is 0 Å². The largest absolute Gasteiger partial charge is 0.366 e. The molecule has 0 aromatic heterocycles. The standard InChI is InChI=1S/C5H7N3O2/c6-5(9)4-1-2-7-8(10)3-4/h1-3,7,10H,(H2,6,9). The molecule has 0 aromatic carbocycles. The lowest BCUT2D eigenvalue weighted by molar-refractivity contribution is -0.115. The van der Waals surface area contributed by atoms with E-state index >= 15 is 0 Å². The number of amides is 1. The zero-order valence-electron chi connectivity index (χ0n) is 5.11. The minimum atomic E-state index is -0.572. The maximum atomic E-state index is 10.4. The number of hydrogen-bond donors (Lipinski definition) is 3. The second-order valence-corrected chi connectivity index (χ2v) is 1.76. The Bertz CT molecular complexity index is 209. The van der Waals surface area contributed by atoms with Crippen LogP contribution in [-0.4, -0.2) is 16.3 Å². The van der Waals surface area contributed by atoms with Crippen molar-refractivity contribution in [2.24, 2.45) is 5.73 Å². The van der Waals surface area contributed by atoms with Crippen molar-refractivity contribution >= 4 is 5.91 Å². The van der Waals surface area contributed by atoms with E-state index in [1.165, 1.54) is 18.5 Å². The Morgan fingerprint density at radius 1 is 1.80 bits per heavy atom. The number of carbonyl (C=O) groups is 1. The van der Waals surface area contributed by atoms with Gasteiger partial charge >= 0.3 is 0 Å². The number of nitrogens with zero attached hydrogens (tertiary/aromatic N) is 1. The highest BCUT2D eigenvalue weighted by Gasteiger charge is 2.05. The van der Waals surface area contributed by atoms with Crippen molar-refractivity contribution < 1.29 is 10.0 Å². The smallest absolute Gasteiger partial charge is 0.250 e. The van der Waals surface area contributed by atoms with Crippen molar-refractivity contribution in [1.29, 1.82) is 0 Å². The van der Waals surface area contributed by atoms with Gasteiger partial charge < -0.3 is 5.73 Å². The summed E-state index contributed by atoms with van der Waals surface area (Å²) < 4.78 is 0. The second-order valence-electron chi connectivity index (χ2n) is 1.76. The van der Waals surface area contributed by atoms with Crippen LogP contribution in [0.2, 0.25) is 0 Å². The predicted octanol–water partition coefficient (Wildman–Crippen LogP) is -0.921. The highest BCUT2D eigenvalue weighted by atomic mass is 16.5. The molecule has 0 spiro atoms. The minimum absolute atomic E-state index is 0.251. The fourth-order valence-corrected chi connectivity index (χ4v) is 0.561. The summed E-state index contributed by atoms with van der Waals surface area (Å²) in [6.45, 7) is 0. The van der Waals surface area contributed by atoms with Crippen LogP contribution in [-0.2, 0) is 4.79 Å². The highest BCUT2D eigenvalue weighted by molar-refractivity contribution is 5.94. The van der Waals surface area contributed by atoms with Gasteiger partial charge in [0.1, 0.15) is 0 Å². The SMILES string of the molecule is NC(=O)C1=CN(O)NC=C1. The van der Waals surface area contributed by atoms with Crippen LogP contribution in [0.4, 0.5) is 0 Å². The van der Waals surface area contributed by atoms with E-state index in [1.807, 2.05) is 0 Å². The van der Waals surface area contributed by atoms with Crippen molar-refractivity contribution in [3.8, 4) is 0 Å². The van der Waals surface area contributed by atoms with Crippen LogP contribution in [0.3, 0.4) is 0 Å². The molecule has 10 heavy (non-hydrogen) atoms. The number of hydrogen-bond acceptors (Lipinski definition) is 4. The molecule has 1 heterocycles. The molecule has 0 saturated carbocycles. The molecule has 0 unspecified atom stereocenters. The lowest BCUT2D eigenvalue weighted by atomic mass is 10.2. The number of nitrogens with one attached hydrogen (secondary N) is 1. The zero-order chi connectivity index (χ0) is 7.56. The van der Waals surface area contributed by atoms with Gasteiger partial charge in [-0.05, 0) is 6.08 Å². The lowest BCUT2D eigenvalue weighted by Crippen LogP contribution is -2.30. The minimum Gasteiger partial charge on any atom is -0.366 e. The molecule has 0 fully saturated rings. The Balaban J connectivity index is 2.76. The first-order chi connectivity index (χ1) is 4.70. The van der Waals surface area contributed by atoms with Crippen LogP contribution >= 0.6 is 0 Å². The van der Waals surface area contributed by atoms with Gasteiger partial charge in [0.15, 0.2) is 0 Å². The number of nitrogens with two attached hydrogens (primary N) is 1. The van der Waals surface area contributed by atoms with Crippen molar-refractivity contribution in [2.75, 3.05) is 0 Å². The molecule has 0 atom stereocenters. The number of primary amides is 1. The molecule has 0 aromatic rings. The van der Waals surface area contributed by atoms with Gasteiger partial charge in [-0.3, -0.25) is 15.4 Å². The molecule has 0 bridgehead atoms. The van der Waals surface area contributed by atoms with Gasteiger partial charge in [-0.2, -0.15) is 5.17 Å². The van der Waals surface area contributed by atoms with Gasteiger partial charge in [-0.15, -0.1) is 0 Å². The third-order valence-corrected chi connectivity index (χ3v) is 1.02. The molecule has 1 amide bonds. The van der Waals surface area contributed by atoms with Crippen LogP contribution in [0.5, 0.6) is 0 Å². The summed E-state index contributed by atoms with van der Waals surface area (Å²) in [5.74, 6) is -0.572. The lowest BCUT2D eigenvalue weighted by Gasteiger charge is -2.15. The highest BCUT2D eigenvalue weighted by Crippen LogP contribution is 1.99. The van der Waals surface area contributed by atoms with Crippen molar-refractivity contribution in [2.45, 2.75) is 0 Å². The third kappa shape index (κ3) is 1.26. The van der Waals surface area contributed by atoms with E-state index in [4.69, 9.17) is 10.9 Å². The molecule has 1 rings (SSSR count). The molecule has 1 aliphatic heterocycles. The first-order valence-corrected chi connectivity index (χ1v) is 2.62. The normalized spacial score (nSPS) is 16.1. The first kappa shape index (κ1) is 6.63. The zero-order valence-corrected chi connectivity index (χ0v) is 5.11. The van der Waals surface area contributed by atoms with Crippen LogP contribution in [0.1, 0.15) is 0 Å². The van der Waals surface area contributed by atoms with Crippen molar-refractivity contribution in [1.82, 2.24) is 10.6 Å². The molecule has 0 radical (unpaired) electrons. The van der Waals surface area contributed by atoms with Gasteiger partial charge in [-0.1, -0.05) is 0 Å². The Hall–Kier alpha value is -1.49. The maximum absolute atomic E-state index is 10.4. The van der Waals surface area contributed by atoms with E-state index in [9.17, 15) is 4.79 Å². The Labute approximate surface area is 57.3 Å². The molecule has 54 valence electrons. The van der Waals surface area contributed by atoms with E-state index in [1.54, 1.807) is 0 Å². The Morgan fingerprint density at radius 2 is 2.50 bits per heavy atom. The monoisotopic (exact) mass is 141 g/mol. The molecular weight excluding hydrogens is 134 g/mol. The quantitative estimate of drug-likeness (QED) is 0.441. The van der Waals surface area contributed by atoms with Crippen molar-refractivity contribution in [3.63, 3.8) is 0 Å². The fraction of sp³-hybridized carbons (Fsp3) is 0. The van der Waals surface area contributed by atoms with Crippen LogP contribution in [0.15, 0.2) is 24.0 Å². The van der Waals surface area contributed by atoms with E-state index in [-0.39, 0.29) is 5.57 Å². The molecule has 0 saturated heterocycles. The van der Waals surface area contributed by atoms with Gasteiger partial charge in [0.2, 0.25) is 5.91 Å². The maximum Gasteiger partial charge on any atom is 0.250 e. The summed E-state index contributed by atoms with van der Waals surface area (Å²) in [5.41, 5.74) is 7.55. The molecule has 1 aliphatic rings. The van der Waals surface area contributed by atoms with Gasteiger partial charge in [0, 0.05) is 6.20 Å². The van der Waals surface area contributed by atoms with Gasteiger partial charge in [0.05, 0.1) is 11.8 Å². The molecule has 5 nitrogen and oxygen atoms in total. The predicted molar refractivity (Wildman–Crippen MR) is 33.2 cm³/mol. The van der Waals surface area contributed by atoms with Crippen molar-refractivity contribution in [3.05, 3.63) is 24.0 Å². The summed E-state index contributed by atoms with van der Waals surface area (Å²) >= 11 is 0. The van der Waals surface area contributed by atoms with Crippen LogP contribution in [0.25, 0.3) is 0 Å². The molecular formula is C5H7N3O2. The first-order valence-electron chi connectivity index (χ1n) is 2.62. The van der Waals surface area contributed by atoms with E-state index < -0.39 is 5.91 Å². The van der Waals surface area contributed by atoms with Crippen LogP contribution < -0.4 is 11.2 Å². The number of carbonyl (C=O) groups excluding carboxylic acids is 1. The summed E-state index contributed by atoms with van der Waals surface area (Å²) in [5, 5.41) is 9.37. The number of rotatable bonds is 1. The summed E-state index contributed by atoms with van der Waals surface area (Å²) in [6, 6.07) is 0. The van der Waals surface area contributed by atoms with E-state index in [2.05, 4.69) is 5.43 Å². The summed E-state index contributed by atoms with van der Waals surface area (Å²) in [4.78, 5) is 10.4. The Kier molecular flexibility index (Phi) is 1.59. The second kappa shape index (κ2) is 2.40. The topological polar surface area (TPSA) is 78.6 Å². The Morgan fingerprint density at radius 3 is 2.90 bits per heavy atom. The molecule has 4 N–H and O–H groups in total. The number of hydrazine groups is 1. The molecule has 5 heteroatoms. The number of hydroxylamine groups is 1. The average Bonchev–Trinajstić information content (AvgIpc) is 1.88. The van der Waals surface area contributed by atoms with E-state index in [0.29, 0.717) is 5.17 Å². The third-order valence-electron chi connectivity index (χ3n) is 1.02. The average molecular weight is 141 g/mol.